The fourth-order valence-electron chi connectivity index (χ4n) is 2.96. The van der Waals surface area contributed by atoms with Gasteiger partial charge in [-0.1, -0.05) is 58.6 Å². The van der Waals surface area contributed by atoms with E-state index >= 15 is 0 Å². The summed E-state index contributed by atoms with van der Waals surface area (Å²) in [6.07, 6.45) is 0. The van der Waals surface area contributed by atoms with Gasteiger partial charge in [0.05, 0.1) is 36.9 Å². The Morgan fingerprint density at radius 1 is 0.882 bits per heavy atom. The number of nitrogens with one attached hydrogen (secondary N) is 2. The first kappa shape index (κ1) is 25.8. The van der Waals surface area contributed by atoms with Gasteiger partial charge < -0.3 is 15.7 Å². The van der Waals surface area contributed by atoms with Crippen LogP contribution in [0.2, 0.25) is 15.1 Å². The van der Waals surface area contributed by atoms with Crippen LogP contribution in [0.15, 0.2) is 59.5 Å². The number of phenols is 1. The number of benzene rings is 3. The van der Waals surface area contributed by atoms with Crippen molar-refractivity contribution in [1.29, 1.82) is 0 Å². The molecule has 0 spiro atoms. The van der Waals surface area contributed by atoms with Crippen molar-refractivity contribution in [2.75, 3.05) is 10.6 Å². The molecule has 3 aromatic carbocycles. The molecule has 3 aromatic rings. The molecule has 34 heavy (non-hydrogen) atoms. The minimum absolute atomic E-state index is 0.00554. The summed E-state index contributed by atoms with van der Waals surface area (Å²) in [5, 5.41) is 14.0. The zero-order valence-electron chi connectivity index (χ0n) is 17.9. The number of rotatable bonds is 6. The van der Waals surface area contributed by atoms with Gasteiger partial charge in [0.15, 0.2) is 9.84 Å². The van der Waals surface area contributed by atoms with Crippen molar-refractivity contribution in [3.05, 3.63) is 80.8 Å². The quantitative estimate of drug-likeness (QED) is 0.346. The first-order valence-corrected chi connectivity index (χ1v) is 12.5. The van der Waals surface area contributed by atoms with E-state index in [1.165, 1.54) is 37.3 Å². The highest BCUT2D eigenvalue weighted by molar-refractivity contribution is 7.92. The average Bonchev–Trinajstić information content (AvgIpc) is 2.76. The molecule has 2 amide bonds. The Hall–Kier alpha value is -2.78. The van der Waals surface area contributed by atoms with Crippen LogP contribution in [-0.2, 0) is 14.6 Å². The average molecular weight is 542 g/mol. The number of carbonyl (C=O) groups excluding carboxylic acids is 2. The molecule has 0 aromatic heterocycles. The minimum Gasteiger partial charge on any atom is -0.506 e. The normalized spacial score (nSPS) is 12.1. The smallest absolute Gasteiger partial charge is 0.258 e. The van der Waals surface area contributed by atoms with E-state index < -0.39 is 32.7 Å². The van der Waals surface area contributed by atoms with Crippen LogP contribution < -0.4 is 10.6 Å². The van der Waals surface area contributed by atoms with Gasteiger partial charge in [0.1, 0.15) is 11.0 Å². The largest absolute Gasteiger partial charge is 0.506 e. The van der Waals surface area contributed by atoms with Gasteiger partial charge in [-0.25, -0.2) is 8.42 Å². The van der Waals surface area contributed by atoms with Crippen LogP contribution in [0, 0.1) is 6.92 Å². The third-order valence-corrected chi connectivity index (χ3v) is 7.98. The number of anilines is 2. The van der Waals surface area contributed by atoms with E-state index in [2.05, 4.69) is 10.6 Å². The predicted octanol–water partition coefficient (Wildman–Crippen LogP) is 5.71. The van der Waals surface area contributed by atoms with E-state index in [0.29, 0.717) is 0 Å². The second-order valence-corrected chi connectivity index (χ2v) is 10.9. The summed E-state index contributed by atoms with van der Waals surface area (Å²) >= 11 is 18.3. The predicted molar refractivity (Wildman–Crippen MR) is 134 cm³/mol. The van der Waals surface area contributed by atoms with Crippen molar-refractivity contribution in [2.24, 2.45) is 0 Å². The molecule has 0 fully saturated rings. The molecule has 0 aliphatic heterocycles. The lowest BCUT2D eigenvalue weighted by Gasteiger charge is -2.16. The molecule has 1 atom stereocenters. The molecule has 3 rings (SSSR count). The fourth-order valence-corrected chi connectivity index (χ4v) is 5.01. The maximum absolute atomic E-state index is 12.8. The highest BCUT2D eigenvalue weighted by Crippen LogP contribution is 2.35. The number of carbonyl (C=O) groups is 2. The van der Waals surface area contributed by atoms with E-state index in [1.54, 1.807) is 18.2 Å². The second-order valence-electron chi connectivity index (χ2n) is 7.39. The van der Waals surface area contributed by atoms with E-state index in [4.69, 9.17) is 34.8 Å². The molecule has 178 valence electrons. The first-order valence-electron chi connectivity index (χ1n) is 9.81. The molecule has 0 radical (unpaired) electrons. The lowest BCUT2D eigenvalue weighted by atomic mass is 10.2. The Morgan fingerprint density at radius 3 is 2.06 bits per heavy atom. The third-order valence-electron chi connectivity index (χ3n) is 4.97. The first-order chi connectivity index (χ1) is 15.9. The van der Waals surface area contributed by atoms with Gasteiger partial charge >= 0.3 is 0 Å². The van der Waals surface area contributed by atoms with Crippen LogP contribution in [0.5, 0.6) is 5.75 Å². The molecule has 1 unspecified atom stereocenters. The molecule has 0 saturated heterocycles. The van der Waals surface area contributed by atoms with Gasteiger partial charge in [-0.2, -0.15) is 0 Å². The number of aromatic hydroxyl groups is 1. The van der Waals surface area contributed by atoms with Crippen molar-refractivity contribution in [1.82, 2.24) is 0 Å². The summed E-state index contributed by atoms with van der Waals surface area (Å²) in [4.78, 5) is 25.2. The minimum atomic E-state index is -3.96. The molecular weight excluding hydrogens is 523 g/mol. The van der Waals surface area contributed by atoms with Gasteiger partial charge in [-0.15, -0.1) is 0 Å². The number of phenolic OH excluding ortho intramolecular Hbond substituents is 1. The van der Waals surface area contributed by atoms with E-state index in [1.807, 2.05) is 6.92 Å². The Morgan fingerprint density at radius 2 is 1.47 bits per heavy atom. The number of aryl methyl sites for hydroxylation is 1. The number of sulfone groups is 1. The number of halogens is 3. The monoisotopic (exact) mass is 540 g/mol. The zero-order valence-corrected chi connectivity index (χ0v) is 21.0. The van der Waals surface area contributed by atoms with Crippen molar-refractivity contribution in [2.45, 2.75) is 24.0 Å². The Kier molecular flexibility index (Phi) is 7.77. The maximum atomic E-state index is 12.8. The molecule has 11 heteroatoms. The Labute approximate surface area is 211 Å². The van der Waals surface area contributed by atoms with Gasteiger partial charge in [-0.3, -0.25) is 9.59 Å². The van der Waals surface area contributed by atoms with E-state index in [9.17, 15) is 23.1 Å². The summed E-state index contributed by atoms with van der Waals surface area (Å²) in [7, 11) is -3.96. The summed E-state index contributed by atoms with van der Waals surface area (Å²) in [6, 6.07) is 13.0. The lowest BCUT2D eigenvalue weighted by molar-refractivity contribution is -0.115. The molecule has 0 bridgehead atoms. The highest BCUT2D eigenvalue weighted by Gasteiger charge is 2.30. The lowest BCUT2D eigenvalue weighted by Crippen LogP contribution is -2.32. The second kappa shape index (κ2) is 10.2. The van der Waals surface area contributed by atoms with Crippen LogP contribution >= 0.6 is 34.8 Å². The van der Waals surface area contributed by atoms with E-state index in [0.717, 1.165) is 11.6 Å². The van der Waals surface area contributed by atoms with Crippen molar-refractivity contribution < 1.29 is 23.1 Å². The highest BCUT2D eigenvalue weighted by atomic mass is 35.5. The SMILES string of the molecule is Cc1ccc(S(=O)(=O)C(C)C(=O)Nc2cc(O)c(NC(=O)c3c(Cl)cccc3Cl)cc2Cl)cc1. The van der Waals surface area contributed by atoms with Crippen molar-refractivity contribution in [3.63, 3.8) is 0 Å². The zero-order chi connectivity index (χ0) is 25.2. The molecule has 7 nitrogen and oxygen atoms in total. The molecular formula is C23H19Cl3N2O5S. The Bertz CT molecular complexity index is 1360. The van der Waals surface area contributed by atoms with Crippen LogP contribution in [0.4, 0.5) is 11.4 Å². The number of hydrogen-bond acceptors (Lipinski definition) is 5. The van der Waals surface area contributed by atoms with Gasteiger partial charge in [0.2, 0.25) is 5.91 Å². The number of amides is 2. The van der Waals surface area contributed by atoms with Crippen LogP contribution in [0.25, 0.3) is 0 Å². The van der Waals surface area contributed by atoms with Crippen LogP contribution in [0.1, 0.15) is 22.8 Å². The van der Waals surface area contributed by atoms with Gasteiger partial charge in [-0.05, 0) is 44.2 Å². The van der Waals surface area contributed by atoms with Crippen LogP contribution in [0.3, 0.4) is 0 Å². The summed E-state index contributed by atoms with van der Waals surface area (Å²) in [5.41, 5.74) is 0.782. The molecule has 0 aliphatic carbocycles. The maximum Gasteiger partial charge on any atom is 0.258 e. The van der Waals surface area contributed by atoms with E-state index in [-0.39, 0.29) is 36.9 Å². The summed E-state index contributed by atoms with van der Waals surface area (Å²) in [5.74, 6) is -1.96. The summed E-state index contributed by atoms with van der Waals surface area (Å²) < 4.78 is 25.6. The van der Waals surface area contributed by atoms with Crippen molar-refractivity contribution >= 4 is 67.8 Å². The third kappa shape index (κ3) is 5.47. The standard InChI is InChI=1S/C23H19Cl3N2O5S/c1-12-6-8-14(9-7-12)34(32,33)13(2)22(30)27-18-11-20(29)19(10-17(18)26)28-23(31)21-15(24)4-3-5-16(21)25/h3-11,13,29H,1-2H3,(H,27,30)(H,28,31). The molecule has 0 heterocycles. The fraction of sp³-hybridized carbons (Fsp3) is 0.130. The van der Waals surface area contributed by atoms with Gasteiger partial charge in [0, 0.05) is 6.07 Å². The molecule has 0 saturated carbocycles. The van der Waals surface area contributed by atoms with Crippen LogP contribution in [-0.4, -0.2) is 30.6 Å². The Balaban J connectivity index is 1.80. The molecule has 0 aliphatic rings. The number of hydrogen-bond donors (Lipinski definition) is 3. The van der Waals surface area contributed by atoms with Crippen molar-refractivity contribution in [3.8, 4) is 5.75 Å². The molecule has 3 N–H and O–H groups in total. The summed E-state index contributed by atoms with van der Waals surface area (Å²) in [6.45, 7) is 3.07. The topological polar surface area (TPSA) is 113 Å². The van der Waals surface area contributed by atoms with Gasteiger partial charge in [0.25, 0.3) is 5.91 Å².